The molecule has 1 aliphatic heterocycles. The Kier molecular flexibility index (Phi) is 8.04. The minimum atomic E-state index is -2.97. The van der Waals surface area contributed by atoms with E-state index in [9.17, 15) is 13.6 Å². The normalized spacial score (nSPS) is 16.2. The van der Waals surface area contributed by atoms with Crippen molar-refractivity contribution in [2.45, 2.75) is 12.7 Å². The Labute approximate surface area is 174 Å². The number of alkyl halides is 2. The number of rotatable bonds is 6. The third-order valence-electron chi connectivity index (χ3n) is 4.63. The fourth-order valence-corrected chi connectivity index (χ4v) is 3.33. The van der Waals surface area contributed by atoms with Gasteiger partial charge in [0.2, 0.25) is 0 Å². The Hall–Kier alpha value is -2.58. The number of carbonyl (C=O) groups excluding carboxylic acids is 1. The summed E-state index contributed by atoms with van der Waals surface area (Å²) < 4.78 is 40.0. The monoisotopic (exact) mass is 428 g/mol. The first-order chi connectivity index (χ1) is 13.5. The van der Waals surface area contributed by atoms with Crippen LogP contribution in [0.4, 0.5) is 8.78 Å². The molecule has 1 saturated heterocycles. The molecule has 9 heteroatoms. The fourth-order valence-electron chi connectivity index (χ4n) is 3.33. The van der Waals surface area contributed by atoms with Gasteiger partial charge in [0, 0.05) is 30.8 Å². The molecule has 1 fully saturated rings. The largest absolute Gasteiger partial charge is 0.496 e. The first-order valence-electron chi connectivity index (χ1n) is 8.82. The Balaban J connectivity index is 0.00000300. The molecule has 1 N–H and O–H groups in total. The van der Waals surface area contributed by atoms with Gasteiger partial charge in [-0.15, -0.1) is 12.4 Å². The van der Waals surface area contributed by atoms with Crippen molar-refractivity contribution in [3.05, 3.63) is 53.6 Å². The van der Waals surface area contributed by atoms with Crippen molar-refractivity contribution >= 4 is 18.3 Å². The minimum Gasteiger partial charge on any atom is -0.496 e. The smallest absolute Gasteiger partial charge is 0.387 e. The van der Waals surface area contributed by atoms with E-state index < -0.39 is 6.61 Å². The molecule has 0 radical (unpaired) electrons. The zero-order chi connectivity index (χ0) is 20.1. The van der Waals surface area contributed by atoms with Crippen molar-refractivity contribution in [3.63, 3.8) is 0 Å². The van der Waals surface area contributed by atoms with Crippen LogP contribution in [-0.2, 0) is 0 Å². The minimum absolute atomic E-state index is 0. The van der Waals surface area contributed by atoms with Gasteiger partial charge in [0.05, 0.1) is 20.3 Å². The van der Waals surface area contributed by atoms with Gasteiger partial charge < -0.3 is 24.4 Å². The second kappa shape index (κ2) is 10.3. The average molecular weight is 429 g/mol. The first-order valence-corrected chi connectivity index (χ1v) is 8.82. The van der Waals surface area contributed by atoms with Crippen LogP contribution in [0.25, 0.3) is 0 Å². The molecule has 158 valence electrons. The van der Waals surface area contributed by atoms with Gasteiger partial charge >= 0.3 is 6.61 Å². The van der Waals surface area contributed by atoms with Crippen LogP contribution in [0.3, 0.4) is 0 Å². The molecule has 1 atom stereocenters. The van der Waals surface area contributed by atoms with Gasteiger partial charge in [0.15, 0.2) is 11.5 Å². The third-order valence-corrected chi connectivity index (χ3v) is 4.63. The van der Waals surface area contributed by atoms with Crippen molar-refractivity contribution in [1.82, 2.24) is 10.2 Å². The van der Waals surface area contributed by atoms with Crippen molar-refractivity contribution in [3.8, 4) is 17.2 Å². The number of benzene rings is 2. The first kappa shape index (κ1) is 22.7. The van der Waals surface area contributed by atoms with E-state index >= 15 is 0 Å². The summed E-state index contributed by atoms with van der Waals surface area (Å²) >= 11 is 0. The van der Waals surface area contributed by atoms with Crippen LogP contribution in [0, 0.1) is 0 Å². The molecule has 1 amide bonds. The molecule has 3 rings (SSSR count). The molecule has 1 unspecified atom stereocenters. The number of nitrogens with zero attached hydrogens (tertiary/aromatic N) is 1. The number of piperazine rings is 1. The topological polar surface area (TPSA) is 60.0 Å². The van der Waals surface area contributed by atoms with Crippen LogP contribution < -0.4 is 19.5 Å². The highest BCUT2D eigenvalue weighted by atomic mass is 35.5. The van der Waals surface area contributed by atoms with Gasteiger partial charge in [-0.05, 0) is 24.3 Å². The molecule has 0 aromatic heterocycles. The van der Waals surface area contributed by atoms with Gasteiger partial charge in [-0.2, -0.15) is 8.78 Å². The maximum Gasteiger partial charge on any atom is 0.387 e. The van der Waals surface area contributed by atoms with Gasteiger partial charge in [-0.3, -0.25) is 4.79 Å². The third kappa shape index (κ3) is 5.07. The van der Waals surface area contributed by atoms with Crippen molar-refractivity contribution < 1.29 is 27.8 Å². The quantitative estimate of drug-likeness (QED) is 0.763. The Morgan fingerprint density at radius 3 is 2.52 bits per heavy atom. The second-order valence-electron chi connectivity index (χ2n) is 6.20. The Morgan fingerprint density at radius 1 is 1.10 bits per heavy atom. The van der Waals surface area contributed by atoms with Crippen molar-refractivity contribution in [2.24, 2.45) is 0 Å². The molecule has 6 nitrogen and oxygen atoms in total. The van der Waals surface area contributed by atoms with E-state index in [1.165, 1.54) is 25.3 Å². The molecule has 1 aliphatic rings. The average Bonchev–Trinajstić information content (AvgIpc) is 2.73. The summed E-state index contributed by atoms with van der Waals surface area (Å²) in [6.45, 7) is -1.24. The number of carbonyl (C=O) groups is 1. The standard InChI is InChI=1S/C20H22F2N2O4.ClH/c1-26-16-6-4-3-5-14(16)15-12-23-9-10-24(15)19(25)13-7-8-17(28-20(21)22)18(11-13)27-2;/h3-8,11,15,20,23H,9-10,12H2,1-2H3;1H. The van der Waals surface area contributed by atoms with Gasteiger partial charge in [0.25, 0.3) is 5.91 Å². The number of nitrogens with one attached hydrogen (secondary N) is 1. The van der Waals surface area contributed by atoms with Crippen LogP contribution in [0.2, 0.25) is 0 Å². The molecular weight excluding hydrogens is 406 g/mol. The van der Waals surface area contributed by atoms with Crippen molar-refractivity contribution in [2.75, 3.05) is 33.9 Å². The molecule has 2 aromatic rings. The maximum absolute atomic E-state index is 13.2. The van der Waals surface area contributed by atoms with E-state index in [1.54, 1.807) is 12.0 Å². The lowest BCUT2D eigenvalue weighted by Crippen LogP contribution is -2.48. The van der Waals surface area contributed by atoms with Crippen LogP contribution in [0.5, 0.6) is 17.2 Å². The summed E-state index contributed by atoms with van der Waals surface area (Å²) in [5, 5.41) is 3.30. The fraction of sp³-hybridized carbons (Fsp3) is 0.350. The SMILES string of the molecule is COc1cc(C(=O)N2CCNCC2c2ccccc2OC)ccc1OC(F)F.Cl. The zero-order valence-electron chi connectivity index (χ0n) is 16.1. The summed E-state index contributed by atoms with van der Waals surface area (Å²) in [4.78, 5) is 14.9. The summed E-state index contributed by atoms with van der Waals surface area (Å²) in [6, 6.07) is 11.5. The number of halogens is 3. The summed E-state index contributed by atoms with van der Waals surface area (Å²) in [7, 11) is 2.93. The predicted octanol–water partition coefficient (Wildman–Crippen LogP) is 3.51. The molecule has 0 saturated carbocycles. The number of hydrogen-bond donors (Lipinski definition) is 1. The predicted molar refractivity (Wildman–Crippen MR) is 107 cm³/mol. The molecule has 2 aromatic carbocycles. The van der Waals surface area contributed by atoms with Crippen LogP contribution in [0.1, 0.15) is 22.0 Å². The lowest BCUT2D eigenvalue weighted by atomic mass is 10.0. The second-order valence-corrected chi connectivity index (χ2v) is 6.20. The van der Waals surface area contributed by atoms with Crippen LogP contribution in [-0.4, -0.2) is 51.3 Å². The number of hydrogen-bond acceptors (Lipinski definition) is 5. The molecule has 0 aliphatic carbocycles. The number of amides is 1. The highest BCUT2D eigenvalue weighted by Crippen LogP contribution is 2.33. The van der Waals surface area contributed by atoms with Crippen LogP contribution in [0.15, 0.2) is 42.5 Å². The lowest BCUT2D eigenvalue weighted by molar-refractivity contribution is -0.0512. The van der Waals surface area contributed by atoms with E-state index in [-0.39, 0.29) is 35.9 Å². The van der Waals surface area contributed by atoms with E-state index in [4.69, 9.17) is 9.47 Å². The number of ether oxygens (including phenoxy) is 3. The Morgan fingerprint density at radius 2 is 1.83 bits per heavy atom. The van der Waals surface area contributed by atoms with Crippen molar-refractivity contribution in [1.29, 1.82) is 0 Å². The lowest BCUT2D eigenvalue weighted by Gasteiger charge is -2.37. The molecule has 0 bridgehead atoms. The van der Waals surface area contributed by atoms with Gasteiger partial charge in [-0.25, -0.2) is 0 Å². The molecular formula is C20H23ClF2N2O4. The number of methoxy groups -OCH3 is 2. The van der Waals surface area contributed by atoms with E-state index in [2.05, 4.69) is 10.1 Å². The summed E-state index contributed by atoms with van der Waals surface area (Å²) in [6.07, 6.45) is 0. The summed E-state index contributed by atoms with van der Waals surface area (Å²) in [5.41, 5.74) is 1.23. The maximum atomic E-state index is 13.2. The van der Waals surface area contributed by atoms with E-state index in [0.717, 1.165) is 5.56 Å². The van der Waals surface area contributed by atoms with E-state index in [0.29, 0.717) is 30.9 Å². The summed E-state index contributed by atoms with van der Waals surface area (Å²) in [5.74, 6) is 0.442. The number of para-hydroxylation sites is 1. The Bertz CT molecular complexity index is 838. The van der Waals surface area contributed by atoms with Gasteiger partial charge in [0.1, 0.15) is 5.75 Å². The molecule has 1 heterocycles. The molecule has 29 heavy (non-hydrogen) atoms. The highest BCUT2D eigenvalue weighted by molar-refractivity contribution is 5.95. The zero-order valence-corrected chi connectivity index (χ0v) is 16.9. The molecule has 0 spiro atoms. The van der Waals surface area contributed by atoms with Crippen LogP contribution >= 0.6 is 12.4 Å². The van der Waals surface area contributed by atoms with Gasteiger partial charge in [-0.1, -0.05) is 18.2 Å². The highest BCUT2D eigenvalue weighted by Gasteiger charge is 2.31. The van der Waals surface area contributed by atoms with E-state index in [1.807, 2.05) is 24.3 Å².